The minimum absolute atomic E-state index is 0.544. The number of rotatable bonds is 4. The molecule has 1 aromatic rings. The molecular formula is C19H27NO. The van der Waals surface area contributed by atoms with E-state index in [0.717, 1.165) is 23.5 Å². The summed E-state index contributed by atoms with van der Waals surface area (Å²) in [5.41, 5.74) is 3.01. The third-order valence-electron chi connectivity index (χ3n) is 6.18. The predicted molar refractivity (Wildman–Crippen MR) is 85.6 cm³/mol. The molecule has 2 fully saturated rings. The van der Waals surface area contributed by atoms with E-state index >= 15 is 0 Å². The highest BCUT2D eigenvalue weighted by molar-refractivity contribution is 5.39. The monoisotopic (exact) mass is 285 g/mol. The molecule has 0 amide bonds. The number of fused-ring (bicyclic) bond motifs is 3. The summed E-state index contributed by atoms with van der Waals surface area (Å²) in [7, 11) is 1.77. The van der Waals surface area contributed by atoms with Gasteiger partial charge in [0.1, 0.15) is 5.75 Å². The Morgan fingerprint density at radius 3 is 2.90 bits per heavy atom. The van der Waals surface area contributed by atoms with Crippen LogP contribution in [0, 0.1) is 17.8 Å². The van der Waals surface area contributed by atoms with Gasteiger partial charge in [0, 0.05) is 6.04 Å². The SMILES string of the molecule is COc1ccc2c(c1)C(NCC1CC3CCC1C3)CCC2. The van der Waals surface area contributed by atoms with Crippen molar-refractivity contribution in [2.45, 2.75) is 51.0 Å². The van der Waals surface area contributed by atoms with Crippen LogP contribution in [-0.2, 0) is 6.42 Å². The van der Waals surface area contributed by atoms with Crippen molar-refractivity contribution in [2.24, 2.45) is 17.8 Å². The van der Waals surface area contributed by atoms with Crippen molar-refractivity contribution in [3.63, 3.8) is 0 Å². The molecule has 3 aliphatic rings. The average Bonchev–Trinajstić information content (AvgIpc) is 3.15. The van der Waals surface area contributed by atoms with Crippen LogP contribution in [0.4, 0.5) is 0 Å². The smallest absolute Gasteiger partial charge is 0.119 e. The number of ether oxygens (including phenoxy) is 1. The summed E-state index contributed by atoms with van der Waals surface area (Å²) in [4.78, 5) is 0. The Bertz CT molecular complexity index is 512. The molecule has 2 bridgehead atoms. The highest BCUT2D eigenvalue weighted by Crippen LogP contribution is 2.48. The minimum Gasteiger partial charge on any atom is -0.497 e. The van der Waals surface area contributed by atoms with Crippen LogP contribution >= 0.6 is 0 Å². The van der Waals surface area contributed by atoms with Crippen LogP contribution in [0.1, 0.15) is 55.7 Å². The first kappa shape index (κ1) is 13.6. The summed E-state index contributed by atoms with van der Waals surface area (Å²) < 4.78 is 5.42. The van der Waals surface area contributed by atoms with E-state index in [1.807, 2.05) is 0 Å². The second kappa shape index (κ2) is 5.64. The zero-order valence-corrected chi connectivity index (χ0v) is 13.1. The van der Waals surface area contributed by atoms with Gasteiger partial charge in [-0.2, -0.15) is 0 Å². The third-order valence-corrected chi connectivity index (χ3v) is 6.18. The van der Waals surface area contributed by atoms with E-state index in [1.54, 1.807) is 7.11 Å². The first-order valence-corrected chi connectivity index (χ1v) is 8.73. The summed E-state index contributed by atoms with van der Waals surface area (Å²) >= 11 is 0. The standard InChI is InChI=1S/C19H27NO/c1-21-17-8-7-14-3-2-4-19(18(14)11-17)20-12-16-10-13-5-6-15(16)9-13/h7-8,11,13,15-16,19-20H,2-6,9-10,12H2,1H3. The van der Waals surface area contributed by atoms with E-state index in [4.69, 9.17) is 4.74 Å². The van der Waals surface area contributed by atoms with Crippen LogP contribution in [0.2, 0.25) is 0 Å². The Morgan fingerprint density at radius 1 is 1.19 bits per heavy atom. The normalized spacial score (nSPS) is 34.0. The number of hydrogen-bond acceptors (Lipinski definition) is 2. The van der Waals surface area contributed by atoms with E-state index < -0.39 is 0 Å². The first-order valence-electron chi connectivity index (χ1n) is 8.73. The summed E-state index contributed by atoms with van der Waals surface area (Å²) in [5, 5.41) is 3.90. The molecule has 2 saturated carbocycles. The van der Waals surface area contributed by atoms with Crippen LogP contribution in [0.15, 0.2) is 18.2 Å². The Balaban J connectivity index is 1.44. The Labute approximate surface area is 128 Å². The van der Waals surface area contributed by atoms with Crippen LogP contribution < -0.4 is 10.1 Å². The molecule has 4 unspecified atom stereocenters. The summed E-state index contributed by atoms with van der Waals surface area (Å²) in [5.74, 6) is 4.03. The number of benzene rings is 1. The molecule has 3 aliphatic carbocycles. The van der Waals surface area contributed by atoms with Crippen molar-refractivity contribution in [3.05, 3.63) is 29.3 Å². The molecule has 2 nitrogen and oxygen atoms in total. The summed E-state index contributed by atoms with van der Waals surface area (Å²) in [6, 6.07) is 7.17. The van der Waals surface area contributed by atoms with E-state index in [0.29, 0.717) is 6.04 Å². The first-order chi connectivity index (χ1) is 10.3. The van der Waals surface area contributed by atoms with Gasteiger partial charge in [0.25, 0.3) is 0 Å². The zero-order valence-electron chi connectivity index (χ0n) is 13.1. The van der Waals surface area contributed by atoms with E-state index in [1.165, 1.54) is 62.6 Å². The molecule has 1 aromatic carbocycles. The molecule has 0 radical (unpaired) electrons. The van der Waals surface area contributed by atoms with Gasteiger partial charge < -0.3 is 10.1 Å². The molecule has 4 rings (SSSR count). The van der Waals surface area contributed by atoms with Crippen LogP contribution in [0.3, 0.4) is 0 Å². The highest BCUT2D eigenvalue weighted by Gasteiger charge is 2.39. The lowest BCUT2D eigenvalue weighted by Gasteiger charge is -2.30. The molecule has 114 valence electrons. The van der Waals surface area contributed by atoms with Gasteiger partial charge in [-0.25, -0.2) is 0 Å². The van der Waals surface area contributed by atoms with Crippen molar-refractivity contribution < 1.29 is 4.74 Å². The molecule has 0 spiro atoms. The third kappa shape index (κ3) is 2.59. The Morgan fingerprint density at radius 2 is 2.14 bits per heavy atom. The van der Waals surface area contributed by atoms with Gasteiger partial charge in [-0.15, -0.1) is 0 Å². The lowest BCUT2D eigenvalue weighted by atomic mass is 9.85. The highest BCUT2D eigenvalue weighted by atomic mass is 16.5. The Hall–Kier alpha value is -1.02. The second-order valence-corrected chi connectivity index (χ2v) is 7.35. The largest absolute Gasteiger partial charge is 0.497 e. The van der Waals surface area contributed by atoms with Gasteiger partial charge in [-0.05, 0) is 86.1 Å². The quantitative estimate of drug-likeness (QED) is 0.899. The lowest BCUT2D eigenvalue weighted by molar-refractivity contribution is 0.299. The van der Waals surface area contributed by atoms with Crippen molar-refractivity contribution in [2.75, 3.05) is 13.7 Å². The van der Waals surface area contributed by atoms with Crippen molar-refractivity contribution in [1.29, 1.82) is 0 Å². The molecule has 21 heavy (non-hydrogen) atoms. The topological polar surface area (TPSA) is 21.3 Å². The van der Waals surface area contributed by atoms with Gasteiger partial charge >= 0.3 is 0 Å². The van der Waals surface area contributed by atoms with Gasteiger partial charge in [0.15, 0.2) is 0 Å². The van der Waals surface area contributed by atoms with Crippen LogP contribution in [0.5, 0.6) is 5.75 Å². The van der Waals surface area contributed by atoms with E-state index in [-0.39, 0.29) is 0 Å². The van der Waals surface area contributed by atoms with E-state index in [9.17, 15) is 0 Å². The minimum atomic E-state index is 0.544. The van der Waals surface area contributed by atoms with Crippen molar-refractivity contribution in [3.8, 4) is 5.75 Å². The lowest BCUT2D eigenvalue weighted by Crippen LogP contribution is -2.31. The molecule has 0 saturated heterocycles. The summed E-state index contributed by atoms with van der Waals surface area (Å²) in [6.07, 6.45) is 9.81. The maximum atomic E-state index is 5.42. The number of nitrogens with one attached hydrogen (secondary N) is 1. The fourth-order valence-electron chi connectivity index (χ4n) is 5.04. The van der Waals surface area contributed by atoms with Gasteiger partial charge in [0.2, 0.25) is 0 Å². The number of methoxy groups -OCH3 is 1. The van der Waals surface area contributed by atoms with Crippen LogP contribution in [0.25, 0.3) is 0 Å². The fraction of sp³-hybridized carbons (Fsp3) is 0.684. The maximum absolute atomic E-state index is 5.42. The predicted octanol–water partition coefficient (Wildman–Crippen LogP) is 4.10. The van der Waals surface area contributed by atoms with Crippen molar-refractivity contribution in [1.82, 2.24) is 5.32 Å². The average molecular weight is 285 g/mol. The van der Waals surface area contributed by atoms with Gasteiger partial charge in [0.05, 0.1) is 7.11 Å². The Kier molecular flexibility index (Phi) is 3.66. The molecule has 1 N–H and O–H groups in total. The molecule has 0 aliphatic heterocycles. The fourth-order valence-corrected chi connectivity index (χ4v) is 5.04. The number of hydrogen-bond donors (Lipinski definition) is 1. The second-order valence-electron chi connectivity index (χ2n) is 7.35. The van der Waals surface area contributed by atoms with Crippen LogP contribution in [-0.4, -0.2) is 13.7 Å². The number of aryl methyl sites for hydroxylation is 1. The maximum Gasteiger partial charge on any atom is 0.119 e. The van der Waals surface area contributed by atoms with Gasteiger partial charge in [-0.3, -0.25) is 0 Å². The molecule has 0 aromatic heterocycles. The molecule has 4 atom stereocenters. The summed E-state index contributed by atoms with van der Waals surface area (Å²) in [6.45, 7) is 1.22. The van der Waals surface area contributed by atoms with E-state index in [2.05, 4.69) is 23.5 Å². The molecule has 0 heterocycles. The zero-order chi connectivity index (χ0) is 14.2. The molecular weight excluding hydrogens is 258 g/mol. The molecule has 2 heteroatoms. The van der Waals surface area contributed by atoms with Crippen molar-refractivity contribution >= 4 is 0 Å². The van der Waals surface area contributed by atoms with Gasteiger partial charge in [-0.1, -0.05) is 12.5 Å².